The molecule has 1 aliphatic rings. The molecular weight excluding hydrogens is 314 g/mol. The molecule has 0 amide bonds. The van der Waals surface area contributed by atoms with Gasteiger partial charge in [-0.15, -0.1) is 0 Å². The highest BCUT2D eigenvalue weighted by Crippen LogP contribution is 2.22. The second kappa shape index (κ2) is 6.63. The number of nitrogens with zero attached hydrogens (tertiary/aromatic N) is 5. The van der Waals surface area contributed by atoms with E-state index in [-0.39, 0.29) is 6.10 Å². The van der Waals surface area contributed by atoms with Gasteiger partial charge in [0.05, 0.1) is 30.6 Å². The van der Waals surface area contributed by atoms with E-state index in [4.69, 9.17) is 16.3 Å². The van der Waals surface area contributed by atoms with Crippen molar-refractivity contribution in [2.24, 2.45) is 7.05 Å². The predicted octanol–water partition coefficient (Wildman–Crippen LogP) is 2.10. The summed E-state index contributed by atoms with van der Waals surface area (Å²) in [5.74, 6) is 0. The van der Waals surface area contributed by atoms with Crippen LogP contribution in [-0.2, 0) is 24.9 Å². The lowest BCUT2D eigenvalue weighted by molar-refractivity contribution is -0.0405. The molecule has 0 aromatic carbocycles. The molecule has 1 fully saturated rings. The van der Waals surface area contributed by atoms with Crippen LogP contribution in [-0.4, -0.2) is 50.3 Å². The van der Waals surface area contributed by atoms with Crippen LogP contribution in [0.2, 0.25) is 5.15 Å². The molecule has 0 radical (unpaired) electrons. The fraction of sp³-hybridized carbons (Fsp3) is 0.625. The lowest BCUT2D eigenvalue weighted by atomic mass is 10.2. The van der Waals surface area contributed by atoms with Gasteiger partial charge in [-0.05, 0) is 26.8 Å². The Bertz CT molecular complexity index is 693. The van der Waals surface area contributed by atoms with Crippen molar-refractivity contribution >= 4 is 11.6 Å². The average Bonchev–Trinajstić information content (AvgIpc) is 2.93. The van der Waals surface area contributed by atoms with Crippen LogP contribution in [0.3, 0.4) is 0 Å². The number of morpholine rings is 1. The van der Waals surface area contributed by atoms with E-state index in [2.05, 4.69) is 28.1 Å². The third-order valence-electron chi connectivity index (χ3n) is 4.35. The minimum absolute atomic E-state index is 0.150. The Morgan fingerprint density at radius 2 is 2.09 bits per heavy atom. The van der Waals surface area contributed by atoms with Crippen LogP contribution in [0.4, 0.5) is 0 Å². The molecule has 2 aromatic rings. The Morgan fingerprint density at radius 3 is 2.70 bits per heavy atom. The summed E-state index contributed by atoms with van der Waals surface area (Å²) in [6.07, 6.45) is 0.150. The van der Waals surface area contributed by atoms with Crippen molar-refractivity contribution in [3.63, 3.8) is 0 Å². The van der Waals surface area contributed by atoms with Crippen LogP contribution in [0.25, 0.3) is 0 Å². The third-order valence-corrected chi connectivity index (χ3v) is 4.83. The summed E-state index contributed by atoms with van der Waals surface area (Å²) in [7, 11) is 1.88. The van der Waals surface area contributed by atoms with Gasteiger partial charge in [0.25, 0.3) is 0 Å². The fourth-order valence-corrected chi connectivity index (χ4v) is 3.40. The Kier molecular flexibility index (Phi) is 4.75. The maximum Gasteiger partial charge on any atom is 0.131 e. The average molecular weight is 338 g/mol. The minimum atomic E-state index is 0.150. The van der Waals surface area contributed by atoms with Crippen molar-refractivity contribution in [2.45, 2.75) is 40.0 Å². The summed E-state index contributed by atoms with van der Waals surface area (Å²) >= 11 is 6.35. The van der Waals surface area contributed by atoms with Gasteiger partial charge in [0.15, 0.2) is 0 Å². The predicted molar refractivity (Wildman–Crippen MR) is 89.7 cm³/mol. The monoisotopic (exact) mass is 337 g/mol. The Labute approximate surface area is 142 Å². The van der Waals surface area contributed by atoms with Gasteiger partial charge in [-0.2, -0.15) is 10.2 Å². The van der Waals surface area contributed by atoms with Crippen LogP contribution in [0.1, 0.15) is 22.6 Å². The summed E-state index contributed by atoms with van der Waals surface area (Å²) in [5, 5.41) is 9.64. The standard InChI is InChI=1S/C16H24ClN5O/c1-11-7-12(2)22(18-11)9-14-8-21(5-6-23-14)10-15-13(3)19-20(4)16(15)17/h7,14H,5-6,8-10H2,1-4H3/t14-/m0/s1. The quantitative estimate of drug-likeness (QED) is 0.857. The van der Waals surface area contributed by atoms with Gasteiger partial charge >= 0.3 is 0 Å². The topological polar surface area (TPSA) is 48.1 Å². The number of hydrogen-bond donors (Lipinski definition) is 0. The zero-order valence-electron chi connectivity index (χ0n) is 14.2. The highest BCUT2D eigenvalue weighted by molar-refractivity contribution is 6.30. The van der Waals surface area contributed by atoms with Crippen LogP contribution >= 0.6 is 11.6 Å². The van der Waals surface area contributed by atoms with E-state index in [1.807, 2.05) is 25.6 Å². The number of ether oxygens (including phenoxy) is 1. The van der Waals surface area contributed by atoms with Gasteiger partial charge in [-0.3, -0.25) is 14.3 Å². The number of aryl methyl sites for hydroxylation is 4. The summed E-state index contributed by atoms with van der Waals surface area (Å²) in [5.41, 5.74) is 4.34. The molecule has 23 heavy (non-hydrogen) atoms. The van der Waals surface area contributed by atoms with Gasteiger partial charge in [0.1, 0.15) is 5.15 Å². The normalized spacial score (nSPS) is 19.4. The van der Waals surface area contributed by atoms with E-state index >= 15 is 0 Å². The molecule has 3 rings (SSSR count). The van der Waals surface area contributed by atoms with Crippen molar-refractivity contribution in [1.29, 1.82) is 0 Å². The van der Waals surface area contributed by atoms with E-state index in [0.29, 0.717) is 0 Å². The van der Waals surface area contributed by atoms with Gasteiger partial charge in [-0.1, -0.05) is 11.6 Å². The van der Waals surface area contributed by atoms with Crippen LogP contribution in [0.5, 0.6) is 0 Å². The number of aromatic nitrogens is 4. The molecule has 1 saturated heterocycles. The van der Waals surface area contributed by atoms with Crippen LogP contribution < -0.4 is 0 Å². The lowest BCUT2D eigenvalue weighted by Gasteiger charge is -2.33. The molecule has 2 aromatic heterocycles. The molecule has 0 saturated carbocycles. The van der Waals surface area contributed by atoms with Gasteiger partial charge < -0.3 is 4.74 Å². The first-order valence-corrected chi connectivity index (χ1v) is 8.35. The van der Waals surface area contributed by atoms with E-state index in [1.54, 1.807) is 4.68 Å². The van der Waals surface area contributed by atoms with E-state index in [9.17, 15) is 0 Å². The SMILES string of the molecule is Cc1cc(C)n(C[C@@H]2CN(Cc3c(C)nn(C)c3Cl)CCO2)n1. The van der Waals surface area contributed by atoms with Gasteiger partial charge in [0, 0.05) is 37.9 Å². The summed E-state index contributed by atoms with van der Waals surface area (Å²) in [4.78, 5) is 2.38. The molecule has 1 aliphatic heterocycles. The second-order valence-corrected chi connectivity index (χ2v) is 6.67. The lowest BCUT2D eigenvalue weighted by Crippen LogP contribution is -2.44. The largest absolute Gasteiger partial charge is 0.374 e. The zero-order valence-corrected chi connectivity index (χ0v) is 15.0. The highest BCUT2D eigenvalue weighted by atomic mass is 35.5. The van der Waals surface area contributed by atoms with Crippen molar-refractivity contribution in [2.75, 3.05) is 19.7 Å². The van der Waals surface area contributed by atoms with E-state index in [1.165, 1.54) is 5.69 Å². The van der Waals surface area contributed by atoms with Crippen molar-refractivity contribution < 1.29 is 4.74 Å². The first-order valence-electron chi connectivity index (χ1n) is 7.97. The van der Waals surface area contributed by atoms with Crippen LogP contribution in [0.15, 0.2) is 6.07 Å². The molecule has 6 nitrogen and oxygen atoms in total. The molecular formula is C16H24ClN5O. The first-order chi connectivity index (χ1) is 10.9. The number of halogens is 1. The Hall–Kier alpha value is -1.37. The molecule has 0 spiro atoms. The Balaban J connectivity index is 1.65. The third kappa shape index (κ3) is 3.59. The summed E-state index contributed by atoms with van der Waals surface area (Å²) in [6, 6.07) is 2.10. The Morgan fingerprint density at radius 1 is 1.30 bits per heavy atom. The number of hydrogen-bond acceptors (Lipinski definition) is 4. The minimum Gasteiger partial charge on any atom is -0.374 e. The van der Waals surface area contributed by atoms with Crippen LogP contribution in [0, 0.1) is 20.8 Å². The zero-order chi connectivity index (χ0) is 16.6. The number of rotatable bonds is 4. The molecule has 3 heterocycles. The summed E-state index contributed by atoms with van der Waals surface area (Å²) < 4.78 is 9.69. The smallest absolute Gasteiger partial charge is 0.131 e. The molecule has 0 unspecified atom stereocenters. The molecule has 126 valence electrons. The maximum absolute atomic E-state index is 6.35. The maximum atomic E-state index is 6.35. The van der Waals surface area contributed by atoms with Crippen molar-refractivity contribution in [3.05, 3.63) is 33.9 Å². The highest BCUT2D eigenvalue weighted by Gasteiger charge is 2.24. The van der Waals surface area contributed by atoms with Gasteiger partial charge in [-0.25, -0.2) is 0 Å². The van der Waals surface area contributed by atoms with E-state index < -0.39 is 0 Å². The van der Waals surface area contributed by atoms with Gasteiger partial charge in [0.2, 0.25) is 0 Å². The van der Waals surface area contributed by atoms with E-state index in [0.717, 1.165) is 54.9 Å². The fourth-order valence-electron chi connectivity index (χ4n) is 3.16. The molecule has 0 N–H and O–H groups in total. The molecule has 1 atom stereocenters. The molecule has 0 bridgehead atoms. The van der Waals surface area contributed by atoms with Crippen molar-refractivity contribution in [3.8, 4) is 0 Å². The van der Waals surface area contributed by atoms with Crippen molar-refractivity contribution in [1.82, 2.24) is 24.5 Å². The molecule has 0 aliphatic carbocycles. The second-order valence-electron chi connectivity index (χ2n) is 6.32. The molecule has 7 heteroatoms. The first kappa shape index (κ1) is 16.5. The summed E-state index contributed by atoms with van der Waals surface area (Å²) in [6.45, 7) is 10.2.